The number of hydrogen-bond donors (Lipinski definition) is 3. The Morgan fingerprint density at radius 2 is 1.97 bits per heavy atom. The van der Waals surface area contributed by atoms with E-state index < -0.39 is 12.2 Å². The molecule has 0 saturated carbocycles. The maximum absolute atomic E-state index is 12.3. The smallest absolute Gasteiger partial charge is 0.306 e. The number of rotatable bonds is 7. The van der Waals surface area contributed by atoms with Crippen molar-refractivity contribution < 1.29 is 24.9 Å². The third-order valence-corrected chi connectivity index (χ3v) is 6.18. The highest BCUT2D eigenvalue weighted by atomic mass is 16.5. The van der Waals surface area contributed by atoms with Crippen LogP contribution in [0.25, 0.3) is 0 Å². The number of allylic oxidation sites excluding steroid dienone is 2. The van der Waals surface area contributed by atoms with Gasteiger partial charge in [-0.25, -0.2) is 0 Å². The lowest BCUT2D eigenvalue weighted by atomic mass is 9.89. The summed E-state index contributed by atoms with van der Waals surface area (Å²) in [7, 11) is 0. The fraction of sp³-hybridized carbons (Fsp3) is 0.800. The van der Waals surface area contributed by atoms with Gasteiger partial charge < -0.3 is 20.1 Å². The second kappa shape index (κ2) is 13.3. The first-order chi connectivity index (χ1) is 14.0. The normalized spacial score (nSPS) is 30.7. The molecule has 0 saturated heterocycles. The van der Waals surface area contributed by atoms with Gasteiger partial charge in [-0.3, -0.25) is 4.79 Å². The number of aliphatic hydroxyl groups excluding tert-OH is 3. The number of carbonyl (C=O) groups excluding carboxylic acids is 1. The van der Waals surface area contributed by atoms with Crippen LogP contribution in [0.4, 0.5) is 0 Å². The van der Waals surface area contributed by atoms with E-state index in [0.717, 1.165) is 18.4 Å². The van der Waals surface area contributed by atoms with Crippen LogP contribution in [-0.2, 0) is 9.53 Å². The van der Waals surface area contributed by atoms with E-state index in [0.29, 0.717) is 32.1 Å². The molecule has 0 aliphatic carbocycles. The monoisotopic (exact) mass is 424 g/mol. The van der Waals surface area contributed by atoms with Crippen LogP contribution in [0.5, 0.6) is 0 Å². The zero-order chi connectivity index (χ0) is 22.8. The molecule has 0 fully saturated rings. The van der Waals surface area contributed by atoms with Crippen molar-refractivity contribution >= 4 is 5.97 Å². The molecule has 5 heteroatoms. The Kier molecular flexibility index (Phi) is 11.9. The van der Waals surface area contributed by atoms with Gasteiger partial charge in [0, 0.05) is 18.8 Å². The maximum atomic E-state index is 12.3. The summed E-state index contributed by atoms with van der Waals surface area (Å²) in [6, 6.07) is 0. The third-order valence-electron chi connectivity index (χ3n) is 6.18. The Hall–Kier alpha value is -1.17. The average molecular weight is 425 g/mol. The minimum absolute atomic E-state index is 0.0410. The van der Waals surface area contributed by atoms with E-state index in [4.69, 9.17) is 4.74 Å². The van der Waals surface area contributed by atoms with Crippen molar-refractivity contribution in [2.24, 2.45) is 17.8 Å². The largest absolute Gasteiger partial charge is 0.462 e. The van der Waals surface area contributed by atoms with E-state index in [1.165, 1.54) is 5.57 Å². The summed E-state index contributed by atoms with van der Waals surface area (Å²) < 4.78 is 5.83. The Bertz CT molecular complexity index is 580. The topological polar surface area (TPSA) is 87.0 Å². The number of esters is 1. The van der Waals surface area contributed by atoms with Crippen molar-refractivity contribution in [3.63, 3.8) is 0 Å². The molecule has 174 valence electrons. The van der Waals surface area contributed by atoms with Gasteiger partial charge in [0.1, 0.15) is 6.10 Å². The summed E-state index contributed by atoms with van der Waals surface area (Å²) in [5.41, 5.74) is 2.37. The molecule has 1 aliphatic rings. The van der Waals surface area contributed by atoms with Crippen LogP contribution in [0.15, 0.2) is 23.3 Å². The summed E-state index contributed by atoms with van der Waals surface area (Å²) in [6.07, 6.45) is 6.83. The molecule has 3 N–H and O–H groups in total. The predicted octanol–water partition coefficient (Wildman–Crippen LogP) is 4.55. The summed E-state index contributed by atoms with van der Waals surface area (Å²) >= 11 is 0. The molecule has 0 amide bonds. The van der Waals surface area contributed by atoms with E-state index in [-0.39, 0.29) is 35.9 Å². The molecule has 1 aliphatic heterocycles. The van der Waals surface area contributed by atoms with Crippen molar-refractivity contribution in [2.45, 2.75) is 111 Å². The molecule has 1 rings (SSSR count). The molecule has 0 aromatic heterocycles. The predicted molar refractivity (Wildman–Crippen MR) is 121 cm³/mol. The summed E-state index contributed by atoms with van der Waals surface area (Å²) in [6.45, 7) is 11.9. The Labute approximate surface area is 183 Å². The molecule has 5 nitrogen and oxygen atoms in total. The number of hydrogen-bond acceptors (Lipinski definition) is 5. The van der Waals surface area contributed by atoms with Gasteiger partial charge in [-0.2, -0.15) is 0 Å². The molecular formula is C25H44O5. The lowest BCUT2D eigenvalue weighted by Crippen LogP contribution is -2.26. The van der Waals surface area contributed by atoms with Gasteiger partial charge in [-0.05, 0) is 64.7 Å². The van der Waals surface area contributed by atoms with Crippen molar-refractivity contribution in [2.75, 3.05) is 0 Å². The van der Waals surface area contributed by atoms with Crippen molar-refractivity contribution in [3.8, 4) is 0 Å². The standard InChI is InChI=1S/C25H44O5/c1-16-10-11-24(30-25(29)9-7-8-22(27)18(3)12-16)20(5)14-17(2)13-19(4)23(28)15-21(6)26/h10,13,18-24,26-28H,7-9,11-12,14-15H2,1-6H3/b16-10-,17-13+/t18-,19-,20+,21-,22+,23-,24+/m1/s1. The lowest BCUT2D eigenvalue weighted by Gasteiger charge is -2.26. The number of aliphatic hydroxyl groups is 3. The van der Waals surface area contributed by atoms with Crippen LogP contribution in [0.2, 0.25) is 0 Å². The fourth-order valence-corrected chi connectivity index (χ4v) is 4.24. The summed E-state index contributed by atoms with van der Waals surface area (Å²) in [4.78, 5) is 12.3. The van der Waals surface area contributed by atoms with Gasteiger partial charge in [0.05, 0.1) is 18.3 Å². The zero-order valence-electron chi connectivity index (χ0n) is 19.8. The number of ether oxygens (including phenoxy) is 1. The Balaban J connectivity index is 2.82. The Morgan fingerprint density at radius 3 is 2.60 bits per heavy atom. The van der Waals surface area contributed by atoms with E-state index in [1.54, 1.807) is 6.92 Å². The van der Waals surface area contributed by atoms with Crippen LogP contribution in [0, 0.1) is 17.8 Å². The van der Waals surface area contributed by atoms with Gasteiger partial charge in [-0.15, -0.1) is 0 Å². The van der Waals surface area contributed by atoms with E-state index >= 15 is 0 Å². The summed E-state index contributed by atoms with van der Waals surface area (Å²) in [5, 5.41) is 29.9. The first kappa shape index (κ1) is 26.9. The molecule has 0 aromatic carbocycles. The quantitative estimate of drug-likeness (QED) is 0.412. The highest BCUT2D eigenvalue weighted by Crippen LogP contribution is 2.26. The highest BCUT2D eigenvalue weighted by Gasteiger charge is 2.24. The van der Waals surface area contributed by atoms with Gasteiger partial charge in [0.25, 0.3) is 0 Å². The second-order valence-electron chi connectivity index (χ2n) is 9.66. The van der Waals surface area contributed by atoms with Crippen LogP contribution >= 0.6 is 0 Å². The van der Waals surface area contributed by atoms with Gasteiger partial charge in [0.2, 0.25) is 0 Å². The van der Waals surface area contributed by atoms with Crippen LogP contribution in [0.3, 0.4) is 0 Å². The molecule has 0 radical (unpaired) electrons. The molecule has 7 atom stereocenters. The molecule has 1 heterocycles. The van der Waals surface area contributed by atoms with Crippen molar-refractivity contribution in [3.05, 3.63) is 23.3 Å². The van der Waals surface area contributed by atoms with E-state index in [9.17, 15) is 20.1 Å². The zero-order valence-corrected chi connectivity index (χ0v) is 19.8. The molecule has 0 spiro atoms. The average Bonchev–Trinajstić information content (AvgIpc) is 2.63. The first-order valence-electron chi connectivity index (χ1n) is 11.6. The summed E-state index contributed by atoms with van der Waals surface area (Å²) in [5.74, 6) is 0.106. The second-order valence-corrected chi connectivity index (χ2v) is 9.66. The molecular weight excluding hydrogens is 380 g/mol. The van der Waals surface area contributed by atoms with Gasteiger partial charge >= 0.3 is 5.97 Å². The number of carbonyl (C=O) groups is 1. The molecule has 30 heavy (non-hydrogen) atoms. The fourth-order valence-electron chi connectivity index (χ4n) is 4.24. The SMILES string of the molecule is C/C1=C/C[C@@H]([C@@H](C)C/C(C)=C/[C@@H](C)[C@H](O)C[C@@H](C)O)OC(=O)CCC[C@H](O)[C@H](C)C1. The lowest BCUT2D eigenvalue weighted by molar-refractivity contribution is -0.151. The molecule has 0 aromatic rings. The van der Waals surface area contributed by atoms with Crippen molar-refractivity contribution in [1.82, 2.24) is 0 Å². The maximum Gasteiger partial charge on any atom is 0.306 e. The minimum atomic E-state index is -0.572. The minimum Gasteiger partial charge on any atom is -0.462 e. The first-order valence-corrected chi connectivity index (χ1v) is 11.6. The Morgan fingerprint density at radius 1 is 1.30 bits per heavy atom. The van der Waals surface area contributed by atoms with Crippen molar-refractivity contribution in [1.29, 1.82) is 0 Å². The van der Waals surface area contributed by atoms with E-state index in [1.807, 2.05) is 13.8 Å². The third kappa shape index (κ3) is 10.2. The van der Waals surface area contributed by atoms with Crippen LogP contribution in [-0.4, -0.2) is 45.7 Å². The van der Waals surface area contributed by atoms with Crippen LogP contribution in [0.1, 0.15) is 86.5 Å². The molecule has 0 bridgehead atoms. The van der Waals surface area contributed by atoms with Crippen LogP contribution < -0.4 is 0 Å². The highest BCUT2D eigenvalue weighted by molar-refractivity contribution is 5.69. The van der Waals surface area contributed by atoms with Gasteiger partial charge in [-0.1, -0.05) is 44.1 Å². The molecule has 0 unspecified atom stereocenters. The van der Waals surface area contributed by atoms with E-state index in [2.05, 4.69) is 32.9 Å². The van der Waals surface area contributed by atoms with Gasteiger partial charge in [0.15, 0.2) is 0 Å². The number of cyclic esters (lactones) is 1.